The summed E-state index contributed by atoms with van der Waals surface area (Å²) in [5.74, 6) is -0.321. The molecule has 0 saturated carbocycles. The van der Waals surface area contributed by atoms with Gasteiger partial charge in [0.1, 0.15) is 0 Å². The minimum atomic E-state index is -0.734. The van der Waals surface area contributed by atoms with Crippen LogP contribution in [-0.2, 0) is 14.3 Å². The Morgan fingerprint density at radius 2 is 1.94 bits per heavy atom. The molecule has 5 N–H and O–H groups in total. The van der Waals surface area contributed by atoms with Crippen LogP contribution in [0.1, 0.15) is 26.7 Å². The van der Waals surface area contributed by atoms with Crippen LogP contribution in [0.4, 0.5) is 0 Å². The molecule has 6 nitrogen and oxygen atoms in total. The zero-order valence-electron chi connectivity index (χ0n) is 10.7. The maximum Gasteiger partial charge on any atom is 0.307 e. The summed E-state index contributed by atoms with van der Waals surface area (Å²) >= 11 is 0. The lowest BCUT2D eigenvalue weighted by Crippen LogP contribution is -2.49. The van der Waals surface area contributed by atoms with Crippen molar-refractivity contribution in [2.24, 2.45) is 17.4 Å². The molecule has 0 aromatic rings. The number of esters is 1. The predicted molar refractivity (Wildman–Crippen MR) is 65.0 cm³/mol. The molecule has 0 aliphatic carbocycles. The van der Waals surface area contributed by atoms with Crippen LogP contribution >= 0.6 is 0 Å². The molecule has 0 bridgehead atoms. The second-order valence-electron chi connectivity index (χ2n) is 4.46. The molecule has 0 aliphatic rings. The van der Waals surface area contributed by atoms with Crippen LogP contribution < -0.4 is 16.8 Å². The summed E-state index contributed by atoms with van der Waals surface area (Å²) in [6.07, 6.45) is 0.843. The molecule has 0 unspecified atom stereocenters. The van der Waals surface area contributed by atoms with Crippen molar-refractivity contribution in [3.8, 4) is 0 Å². The average molecular weight is 245 g/mol. The summed E-state index contributed by atoms with van der Waals surface area (Å²) in [6.45, 7) is 4.11. The van der Waals surface area contributed by atoms with Gasteiger partial charge in [0.2, 0.25) is 5.91 Å². The van der Waals surface area contributed by atoms with Crippen LogP contribution in [0, 0.1) is 5.92 Å². The van der Waals surface area contributed by atoms with E-state index in [-0.39, 0.29) is 30.9 Å². The van der Waals surface area contributed by atoms with Crippen molar-refractivity contribution in [1.82, 2.24) is 5.32 Å². The highest BCUT2D eigenvalue weighted by molar-refractivity contribution is 5.82. The molecule has 17 heavy (non-hydrogen) atoms. The average Bonchev–Trinajstić information content (AvgIpc) is 2.26. The van der Waals surface area contributed by atoms with Crippen LogP contribution in [0.3, 0.4) is 0 Å². The van der Waals surface area contributed by atoms with Crippen molar-refractivity contribution in [2.75, 3.05) is 13.7 Å². The van der Waals surface area contributed by atoms with E-state index in [2.05, 4.69) is 10.1 Å². The van der Waals surface area contributed by atoms with Gasteiger partial charge in [-0.15, -0.1) is 0 Å². The van der Waals surface area contributed by atoms with Gasteiger partial charge in [0.15, 0.2) is 0 Å². The maximum atomic E-state index is 11.6. The second kappa shape index (κ2) is 8.03. The first-order valence-electron chi connectivity index (χ1n) is 5.73. The molecule has 0 saturated heterocycles. The SMILES string of the molecule is COC(=O)C[C@H](CC(C)C)NC(=O)[C@@H](N)CN. The highest BCUT2D eigenvalue weighted by Crippen LogP contribution is 2.08. The van der Waals surface area contributed by atoms with Gasteiger partial charge >= 0.3 is 5.97 Å². The Hall–Kier alpha value is -1.14. The van der Waals surface area contributed by atoms with Crippen molar-refractivity contribution >= 4 is 11.9 Å². The first kappa shape index (κ1) is 15.9. The van der Waals surface area contributed by atoms with Gasteiger partial charge < -0.3 is 21.5 Å². The van der Waals surface area contributed by atoms with E-state index in [9.17, 15) is 9.59 Å². The predicted octanol–water partition coefficient (Wildman–Crippen LogP) is -0.634. The van der Waals surface area contributed by atoms with Gasteiger partial charge in [0.25, 0.3) is 0 Å². The van der Waals surface area contributed by atoms with Crippen molar-refractivity contribution in [2.45, 2.75) is 38.8 Å². The minimum absolute atomic E-state index is 0.0818. The van der Waals surface area contributed by atoms with E-state index in [1.54, 1.807) is 0 Å². The molecule has 0 radical (unpaired) electrons. The van der Waals surface area contributed by atoms with E-state index in [1.165, 1.54) is 7.11 Å². The van der Waals surface area contributed by atoms with Crippen molar-refractivity contribution in [1.29, 1.82) is 0 Å². The number of ether oxygens (including phenoxy) is 1. The molecular weight excluding hydrogens is 222 g/mol. The number of rotatable bonds is 7. The number of hydrogen-bond donors (Lipinski definition) is 3. The highest BCUT2D eigenvalue weighted by atomic mass is 16.5. The Morgan fingerprint density at radius 3 is 2.35 bits per heavy atom. The number of nitrogens with one attached hydrogen (secondary N) is 1. The fourth-order valence-electron chi connectivity index (χ4n) is 1.46. The Balaban J connectivity index is 4.37. The summed E-state index contributed by atoms with van der Waals surface area (Å²) in [4.78, 5) is 22.8. The molecule has 0 fully saturated rings. The zero-order chi connectivity index (χ0) is 13.4. The fourth-order valence-corrected chi connectivity index (χ4v) is 1.46. The zero-order valence-corrected chi connectivity index (χ0v) is 10.7. The van der Waals surface area contributed by atoms with Gasteiger partial charge in [-0.05, 0) is 12.3 Å². The van der Waals surface area contributed by atoms with Crippen molar-refractivity contribution in [3.05, 3.63) is 0 Å². The number of hydrogen-bond acceptors (Lipinski definition) is 5. The molecule has 0 aromatic carbocycles. The summed E-state index contributed by atoms with van der Waals surface area (Å²) < 4.78 is 4.58. The number of amides is 1. The molecule has 0 spiro atoms. The Bertz CT molecular complexity index is 256. The monoisotopic (exact) mass is 245 g/mol. The molecule has 100 valence electrons. The van der Waals surface area contributed by atoms with Gasteiger partial charge in [-0.1, -0.05) is 13.8 Å². The fraction of sp³-hybridized carbons (Fsp3) is 0.818. The molecule has 2 atom stereocenters. The number of carbonyl (C=O) groups is 2. The van der Waals surface area contributed by atoms with E-state index in [1.807, 2.05) is 13.8 Å². The Labute approximate surface area is 102 Å². The van der Waals surface area contributed by atoms with Crippen LogP contribution in [0.15, 0.2) is 0 Å². The first-order valence-corrected chi connectivity index (χ1v) is 5.73. The maximum absolute atomic E-state index is 11.6. The topological polar surface area (TPSA) is 107 Å². The molecular formula is C11H23N3O3. The molecule has 0 aliphatic heterocycles. The van der Waals surface area contributed by atoms with Crippen LogP contribution in [0.25, 0.3) is 0 Å². The normalized spacial score (nSPS) is 14.2. The number of methoxy groups -OCH3 is 1. The van der Waals surface area contributed by atoms with Gasteiger partial charge in [-0.3, -0.25) is 9.59 Å². The second-order valence-corrected chi connectivity index (χ2v) is 4.46. The van der Waals surface area contributed by atoms with E-state index < -0.39 is 6.04 Å². The smallest absolute Gasteiger partial charge is 0.307 e. The third kappa shape index (κ3) is 6.91. The molecule has 0 heterocycles. The largest absolute Gasteiger partial charge is 0.469 e. The Morgan fingerprint density at radius 1 is 1.35 bits per heavy atom. The van der Waals surface area contributed by atoms with E-state index in [0.29, 0.717) is 12.3 Å². The first-order chi connectivity index (χ1) is 7.90. The Kier molecular flexibility index (Phi) is 7.49. The van der Waals surface area contributed by atoms with Crippen molar-refractivity contribution in [3.63, 3.8) is 0 Å². The number of carbonyl (C=O) groups excluding carboxylic acids is 2. The third-order valence-corrected chi connectivity index (χ3v) is 2.33. The van der Waals surface area contributed by atoms with E-state index in [0.717, 1.165) is 0 Å². The lowest BCUT2D eigenvalue weighted by molar-refractivity contribution is -0.141. The summed E-state index contributed by atoms with van der Waals surface area (Å²) in [5.41, 5.74) is 10.8. The summed E-state index contributed by atoms with van der Waals surface area (Å²) in [5, 5.41) is 2.72. The van der Waals surface area contributed by atoms with Gasteiger partial charge in [0.05, 0.1) is 19.6 Å². The summed E-state index contributed by atoms with van der Waals surface area (Å²) in [6, 6.07) is -0.991. The van der Waals surface area contributed by atoms with Gasteiger partial charge in [-0.25, -0.2) is 0 Å². The van der Waals surface area contributed by atoms with Gasteiger partial charge in [0, 0.05) is 12.6 Å². The number of nitrogens with two attached hydrogens (primary N) is 2. The minimum Gasteiger partial charge on any atom is -0.469 e. The van der Waals surface area contributed by atoms with E-state index >= 15 is 0 Å². The lowest BCUT2D eigenvalue weighted by Gasteiger charge is -2.21. The van der Waals surface area contributed by atoms with Crippen molar-refractivity contribution < 1.29 is 14.3 Å². The van der Waals surface area contributed by atoms with E-state index in [4.69, 9.17) is 11.5 Å². The summed E-state index contributed by atoms with van der Waals surface area (Å²) in [7, 11) is 1.32. The molecule has 6 heteroatoms. The third-order valence-electron chi connectivity index (χ3n) is 2.33. The van der Waals surface area contributed by atoms with Crippen LogP contribution in [0.5, 0.6) is 0 Å². The quantitative estimate of drug-likeness (QED) is 0.517. The van der Waals surface area contributed by atoms with Gasteiger partial charge in [-0.2, -0.15) is 0 Å². The molecule has 0 rings (SSSR count). The lowest BCUT2D eigenvalue weighted by atomic mass is 10.0. The standard InChI is InChI=1S/C11H23N3O3/c1-7(2)4-8(5-10(15)17-3)14-11(16)9(13)6-12/h7-9H,4-6,12-13H2,1-3H3,(H,14,16)/t8-,9-/m0/s1. The highest BCUT2D eigenvalue weighted by Gasteiger charge is 2.20. The molecule has 1 amide bonds. The molecule has 0 aromatic heterocycles. The van der Waals surface area contributed by atoms with Crippen LogP contribution in [-0.4, -0.2) is 37.6 Å². The van der Waals surface area contributed by atoms with Crippen LogP contribution in [0.2, 0.25) is 0 Å².